The molecule has 0 aliphatic heterocycles. The number of rotatable bonds is 5. The van der Waals surface area contributed by atoms with Crippen molar-refractivity contribution < 1.29 is 13.9 Å². The number of carbonyl (C=O) groups excluding carboxylic acids is 1. The van der Waals surface area contributed by atoms with Gasteiger partial charge in [-0.1, -0.05) is 54.6 Å². The van der Waals surface area contributed by atoms with Crippen molar-refractivity contribution in [2.75, 3.05) is 0 Å². The number of esters is 1. The zero-order valence-corrected chi connectivity index (χ0v) is 16.1. The van der Waals surface area contributed by atoms with Gasteiger partial charge in [0.2, 0.25) is 5.89 Å². The Morgan fingerprint density at radius 3 is 2.37 bits per heavy atom. The molecule has 4 aromatic rings. The highest BCUT2D eigenvalue weighted by Crippen LogP contribution is 2.29. The molecule has 1 aromatic heterocycles. The Hall–Kier alpha value is -4.24. The van der Waals surface area contributed by atoms with Gasteiger partial charge in [0.1, 0.15) is 0 Å². The van der Waals surface area contributed by atoms with E-state index in [9.17, 15) is 10.1 Å². The van der Waals surface area contributed by atoms with E-state index in [1.54, 1.807) is 43.3 Å². The highest BCUT2D eigenvalue weighted by molar-refractivity contribution is 5.98. The fraction of sp³-hybridized carbons (Fsp3) is 0.0833. The van der Waals surface area contributed by atoms with Crippen molar-refractivity contribution in [1.82, 2.24) is 10.2 Å². The van der Waals surface area contributed by atoms with Crippen LogP contribution in [0.1, 0.15) is 34.8 Å². The van der Waals surface area contributed by atoms with E-state index in [1.165, 1.54) is 0 Å². The van der Waals surface area contributed by atoms with Crippen molar-refractivity contribution in [1.29, 1.82) is 5.26 Å². The molecular formula is C24H17N3O3. The molecule has 0 unspecified atom stereocenters. The van der Waals surface area contributed by atoms with Crippen LogP contribution in [0.4, 0.5) is 0 Å². The largest absolute Gasteiger partial charge is 0.449 e. The summed E-state index contributed by atoms with van der Waals surface area (Å²) in [5, 5.41) is 17.4. The first-order chi connectivity index (χ1) is 14.7. The van der Waals surface area contributed by atoms with Crippen LogP contribution < -0.4 is 0 Å². The summed E-state index contributed by atoms with van der Waals surface area (Å²) in [6.45, 7) is 1.67. The van der Waals surface area contributed by atoms with E-state index < -0.39 is 12.1 Å². The number of carbonyl (C=O) groups is 1. The molecule has 3 aromatic carbocycles. The summed E-state index contributed by atoms with van der Waals surface area (Å²) in [7, 11) is 0. The number of aromatic nitrogens is 2. The Morgan fingerprint density at radius 1 is 0.933 bits per heavy atom. The predicted octanol–water partition coefficient (Wildman–Crippen LogP) is 5.19. The fourth-order valence-electron chi connectivity index (χ4n) is 3.08. The Kier molecular flexibility index (Phi) is 5.35. The van der Waals surface area contributed by atoms with Crippen LogP contribution in [0, 0.1) is 11.3 Å². The summed E-state index contributed by atoms with van der Waals surface area (Å²) >= 11 is 0. The van der Waals surface area contributed by atoms with Gasteiger partial charge in [-0.3, -0.25) is 0 Å². The van der Waals surface area contributed by atoms with Crippen LogP contribution >= 0.6 is 0 Å². The van der Waals surface area contributed by atoms with Crippen LogP contribution in [0.3, 0.4) is 0 Å². The van der Waals surface area contributed by atoms with E-state index in [0.29, 0.717) is 28.1 Å². The van der Waals surface area contributed by atoms with E-state index in [1.807, 2.05) is 42.5 Å². The van der Waals surface area contributed by atoms with Crippen molar-refractivity contribution in [2.45, 2.75) is 13.0 Å². The molecule has 1 atom stereocenters. The summed E-state index contributed by atoms with van der Waals surface area (Å²) in [5.41, 5.74) is 2.92. The van der Waals surface area contributed by atoms with Gasteiger partial charge in [-0.2, -0.15) is 5.26 Å². The zero-order chi connectivity index (χ0) is 20.9. The molecule has 0 N–H and O–H groups in total. The lowest BCUT2D eigenvalue weighted by Crippen LogP contribution is -2.11. The molecule has 6 heteroatoms. The molecule has 0 radical (unpaired) electrons. The van der Waals surface area contributed by atoms with E-state index >= 15 is 0 Å². The van der Waals surface area contributed by atoms with Gasteiger partial charge in [0.25, 0.3) is 5.89 Å². The van der Waals surface area contributed by atoms with Crippen LogP contribution in [-0.2, 0) is 4.74 Å². The lowest BCUT2D eigenvalue weighted by Gasteiger charge is -2.13. The van der Waals surface area contributed by atoms with E-state index in [4.69, 9.17) is 9.15 Å². The second-order valence-corrected chi connectivity index (χ2v) is 6.56. The van der Waals surface area contributed by atoms with Crippen molar-refractivity contribution in [3.8, 4) is 28.7 Å². The molecule has 0 bridgehead atoms. The van der Waals surface area contributed by atoms with Crippen molar-refractivity contribution in [3.05, 3.63) is 95.9 Å². The fourth-order valence-corrected chi connectivity index (χ4v) is 3.08. The van der Waals surface area contributed by atoms with Gasteiger partial charge >= 0.3 is 5.97 Å². The quantitative estimate of drug-likeness (QED) is 0.432. The van der Waals surface area contributed by atoms with Gasteiger partial charge in [0.05, 0.1) is 17.2 Å². The molecular weight excluding hydrogens is 378 g/mol. The first-order valence-electron chi connectivity index (χ1n) is 9.35. The maximum absolute atomic E-state index is 12.9. The molecule has 0 aliphatic carbocycles. The third-order valence-electron chi connectivity index (χ3n) is 4.58. The number of nitriles is 1. The number of hydrogen-bond donors (Lipinski definition) is 0. The van der Waals surface area contributed by atoms with Crippen molar-refractivity contribution in [2.24, 2.45) is 0 Å². The summed E-state index contributed by atoms with van der Waals surface area (Å²) in [6, 6.07) is 25.7. The van der Waals surface area contributed by atoms with E-state index in [2.05, 4.69) is 16.3 Å². The smallest absolute Gasteiger partial charge is 0.339 e. The molecule has 0 aliphatic rings. The molecule has 4 rings (SSSR count). The molecule has 0 saturated carbocycles. The third kappa shape index (κ3) is 3.82. The number of nitrogens with zero attached hydrogens (tertiary/aromatic N) is 3. The maximum Gasteiger partial charge on any atom is 0.339 e. The summed E-state index contributed by atoms with van der Waals surface area (Å²) in [5.74, 6) is 0.0271. The molecule has 1 heterocycles. The average molecular weight is 395 g/mol. The number of ether oxygens (including phenoxy) is 1. The van der Waals surface area contributed by atoms with Gasteiger partial charge in [-0.05, 0) is 36.8 Å². The molecule has 30 heavy (non-hydrogen) atoms. The van der Waals surface area contributed by atoms with Gasteiger partial charge in [-0.25, -0.2) is 4.79 Å². The SMILES string of the molecule is C[C@@H](OC(=O)c1ccccc1-c1ccccc1C#N)c1nnc(-c2ccccc2)o1. The lowest BCUT2D eigenvalue weighted by atomic mass is 9.96. The zero-order valence-electron chi connectivity index (χ0n) is 16.1. The van der Waals surface area contributed by atoms with Crippen molar-refractivity contribution >= 4 is 5.97 Å². The van der Waals surface area contributed by atoms with E-state index in [-0.39, 0.29) is 5.89 Å². The number of hydrogen-bond acceptors (Lipinski definition) is 6. The predicted molar refractivity (Wildman–Crippen MR) is 110 cm³/mol. The van der Waals surface area contributed by atoms with Crippen LogP contribution in [0.2, 0.25) is 0 Å². The summed E-state index contributed by atoms with van der Waals surface area (Å²) < 4.78 is 11.3. The molecule has 0 spiro atoms. The Morgan fingerprint density at radius 2 is 1.60 bits per heavy atom. The Balaban J connectivity index is 1.58. The van der Waals surface area contributed by atoms with Crippen LogP contribution in [-0.4, -0.2) is 16.2 Å². The van der Waals surface area contributed by atoms with Gasteiger partial charge in [-0.15, -0.1) is 10.2 Å². The van der Waals surface area contributed by atoms with Crippen LogP contribution in [0.5, 0.6) is 0 Å². The highest BCUT2D eigenvalue weighted by Gasteiger charge is 2.22. The van der Waals surface area contributed by atoms with Crippen molar-refractivity contribution in [3.63, 3.8) is 0 Å². The second kappa shape index (κ2) is 8.41. The monoisotopic (exact) mass is 395 g/mol. The van der Waals surface area contributed by atoms with Crippen LogP contribution in [0.25, 0.3) is 22.6 Å². The highest BCUT2D eigenvalue weighted by atomic mass is 16.6. The summed E-state index contributed by atoms with van der Waals surface area (Å²) in [6.07, 6.45) is -0.735. The topological polar surface area (TPSA) is 89.0 Å². The standard InChI is InChI=1S/C24H17N3O3/c1-16(22-26-27-23(30-22)17-9-3-2-4-10-17)29-24(28)21-14-8-7-13-20(21)19-12-6-5-11-18(19)15-25/h2-14,16H,1H3/t16-/m1/s1. The minimum atomic E-state index is -0.735. The minimum Gasteiger partial charge on any atom is -0.449 e. The Labute approximate surface area is 173 Å². The van der Waals surface area contributed by atoms with Gasteiger partial charge < -0.3 is 9.15 Å². The molecule has 0 fully saturated rings. The minimum absolute atomic E-state index is 0.206. The average Bonchev–Trinajstić information content (AvgIpc) is 3.30. The first-order valence-corrected chi connectivity index (χ1v) is 9.35. The van der Waals surface area contributed by atoms with Crippen LogP contribution in [0.15, 0.2) is 83.3 Å². The van der Waals surface area contributed by atoms with Gasteiger partial charge in [0.15, 0.2) is 6.10 Å². The summed E-state index contributed by atoms with van der Waals surface area (Å²) in [4.78, 5) is 12.9. The first kappa shape index (κ1) is 19.1. The number of benzene rings is 3. The molecule has 0 saturated heterocycles. The normalized spacial score (nSPS) is 11.5. The Bertz CT molecular complexity index is 1230. The maximum atomic E-state index is 12.9. The third-order valence-corrected chi connectivity index (χ3v) is 4.58. The lowest BCUT2D eigenvalue weighted by molar-refractivity contribution is 0.0281. The molecule has 6 nitrogen and oxygen atoms in total. The molecule has 146 valence electrons. The molecule has 0 amide bonds. The second-order valence-electron chi connectivity index (χ2n) is 6.56. The van der Waals surface area contributed by atoms with Gasteiger partial charge in [0, 0.05) is 11.1 Å². The van der Waals surface area contributed by atoms with E-state index in [0.717, 1.165) is 5.56 Å².